The van der Waals surface area contributed by atoms with E-state index in [0.29, 0.717) is 25.7 Å². The Hall–Kier alpha value is -1.77. The second kappa shape index (κ2) is 11.0. The highest BCUT2D eigenvalue weighted by atomic mass is 127. The van der Waals surface area contributed by atoms with E-state index >= 15 is 0 Å². The van der Waals surface area contributed by atoms with E-state index < -0.39 is 0 Å². The summed E-state index contributed by atoms with van der Waals surface area (Å²) < 4.78 is 11.0. The third kappa shape index (κ3) is 6.56. The van der Waals surface area contributed by atoms with Crippen molar-refractivity contribution in [3.63, 3.8) is 0 Å². The van der Waals surface area contributed by atoms with Crippen molar-refractivity contribution in [1.82, 2.24) is 15.8 Å². The molecule has 25 heavy (non-hydrogen) atoms. The molecular weight excluding hydrogens is 431 g/mol. The minimum absolute atomic E-state index is 0. The number of benzene rings is 1. The van der Waals surface area contributed by atoms with Gasteiger partial charge >= 0.3 is 0 Å². The lowest BCUT2D eigenvalue weighted by Crippen LogP contribution is -2.36. The number of nitrogens with one attached hydrogen (secondary N) is 2. The Morgan fingerprint density at radius 3 is 2.60 bits per heavy atom. The number of hydrogen-bond donors (Lipinski definition) is 2. The van der Waals surface area contributed by atoms with Crippen molar-refractivity contribution in [2.24, 2.45) is 4.99 Å². The maximum atomic E-state index is 5.70. The van der Waals surface area contributed by atoms with Crippen LogP contribution in [0.3, 0.4) is 0 Å². The van der Waals surface area contributed by atoms with Crippen molar-refractivity contribution in [3.8, 4) is 5.75 Å². The van der Waals surface area contributed by atoms with Gasteiger partial charge in [0.25, 0.3) is 0 Å². The Morgan fingerprint density at radius 2 is 1.96 bits per heavy atom. The molecule has 1 aromatic heterocycles. The Balaban J connectivity index is 0.00000312. The Morgan fingerprint density at radius 1 is 1.20 bits per heavy atom. The van der Waals surface area contributed by atoms with E-state index in [4.69, 9.17) is 9.26 Å². The molecule has 0 fully saturated rings. The van der Waals surface area contributed by atoms with E-state index in [9.17, 15) is 0 Å². The summed E-state index contributed by atoms with van der Waals surface area (Å²) in [5.41, 5.74) is 3.23. The van der Waals surface area contributed by atoms with E-state index in [-0.39, 0.29) is 24.0 Å². The minimum atomic E-state index is 0. The van der Waals surface area contributed by atoms with Crippen LogP contribution in [0.1, 0.15) is 36.4 Å². The molecule has 2 rings (SSSR count). The third-order valence-electron chi connectivity index (χ3n) is 3.59. The average Bonchev–Trinajstić information content (AvgIpc) is 3.05. The maximum absolute atomic E-state index is 5.70. The molecule has 0 saturated heterocycles. The number of hydrogen-bond acceptors (Lipinski definition) is 4. The minimum Gasteiger partial charge on any atom is -0.494 e. The number of ether oxygens (including phenoxy) is 1. The molecule has 138 valence electrons. The van der Waals surface area contributed by atoms with Crippen LogP contribution in [0.5, 0.6) is 5.75 Å². The second-order valence-electron chi connectivity index (χ2n) is 5.46. The van der Waals surface area contributed by atoms with Gasteiger partial charge in [0, 0.05) is 25.2 Å². The van der Waals surface area contributed by atoms with E-state index in [1.807, 2.05) is 19.9 Å². The predicted octanol–water partition coefficient (Wildman–Crippen LogP) is 3.43. The van der Waals surface area contributed by atoms with Crippen LogP contribution in [0.4, 0.5) is 0 Å². The average molecular weight is 458 g/mol. The molecule has 0 unspecified atom stereocenters. The standard InChI is InChI=1S/C18H26N4O2.HI/c1-5-15-10-16(24-22-15)12-21-18(19-4)20-11-14-8-7-13(3)9-17(14)23-6-2;/h7-10H,5-6,11-12H2,1-4H3,(H2,19,20,21);1H. The van der Waals surface area contributed by atoms with Gasteiger partial charge in [-0.05, 0) is 31.9 Å². The highest BCUT2D eigenvalue weighted by Crippen LogP contribution is 2.20. The molecule has 2 N–H and O–H groups in total. The van der Waals surface area contributed by atoms with Gasteiger partial charge in [0.15, 0.2) is 11.7 Å². The van der Waals surface area contributed by atoms with Gasteiger partial charge in [0.2, 0.25) is 0 Å². The van der Waals surface area contributed by atoms with Gasteiger partial charge in [-0.2, -0.15) is 0 Å². The first kappa shape index (κ1) is 21.3. The van der Waals surface area contributed by atoms with E-state index in [0.717, 1.165) is 29.2 Å². The van der Waals surface area contributed by atoms with Crippen LogP contribution in [0.25, 0.3) is 0 Å². The van der Waals surface area contributed by atoms with Crippen molar-refractivity contribution < 1.29 is 9.26 Å². The topological polar surface area (TPSA) is 71.7 Å². The van der Waals surface area contributed by atoms with Crippen molar-refractivity contribution in [2.75, 3.05) is 13.7 Å². The highest BCUT2D eigenvalue weighted by Gasteiger charge is 2.07. The molecule has 0 saturated carbocycles. The van der Waals surface area contributed by atoms with Crippen molar-refractivity contribution >= 4 is 29.9 Å². The first-order chi connectivity index (χ1) is 11.7. The van der Waals surface area contributed by atoms with E-state index in [1.54, 1.807) is 7.05 Å². The third-order valence-corrected chi connectivity index (χ3v) is 3.59. The molecule has 0 radical (unpaired) electrons. The predicted molar refractivity (Wildman–Crippen MR) is 111 cm³/mol. The highest BCUT2D eigenvalue weighted by molar-refractivity contribution is 14.0. The number of nitrogens with zero attached hydrogens (tertiary/aromatic N) is 2. The molecule has 0 amide bonds. The molecule has 0 spiro atoms. The molecule has 7 heteroatoms. The summed E-state index contributed by atoms with van der Waals surface area (Å²) in [6.07, 6.45) is 0.865. The summed E-state index contributed by atoms with van der Waals surface area (Å²) in [6.45, 7) is 7.91. The van der Waals surface area contributed by atoms with Crippen LogP contribution >= 0.6 is 24.0 Å². The summed E-state index contributed by atoms with van der Waals surface area (Å²) in [7, 11) is 1.74. The summed E-state index contributed by atoms with van der Waals surface area (Å²) in [5.74, 6) is 2.40. The fraction of sp³-hybridized carbons (Fsp3) is 0.444. The van der Waals surface area contributed by atoms with E-state index in [2.05, 4.69) is 45.9 Å². The van der Waals surface area contributed by atoms with Crippen molar-refractivity contribution in [3.05, 3.63) is 46.8 Å². The molecular formula is C18H27IN4O2. The van der Waals surface area contributed by atoms with Gasteiger partial charge in [0.1, 0.15) is 5.75 Å². The Kier molecular flexibility index (Phi) is 9.33. The first-order valence-electron chi connectivity index (χ1n) is 8.27. The van der Waals surface area contributed by atoms with E-state index in [1.165, 1.54) is 5.56 Å². The number of rotatable bonds is 7. The molecule has 2 aromatic rings. The smallest absolute Gasteiger partial charge is 0.191 e. The SMILES string of the molecule is CCOc1cc(C)ccc1CNC(=NC)NCc1cc(CC)no1.I. The molecule has 0 bridgehead atoms. The summed E-state index contributed by atoms with van der Waals surface area (Å²) in [6, 6.07) is 8.16. The Labute approximate surface area is 166 Å². The Bertz CT molecular complexity index is 685. The summed E-state index contributed by atoms with van der Waals surface area (Å²) in [5, 5.41) is 10.5. The van der Waals surface area contributed by atoms with Crippen molar-refractivity contribution in [1.29, 1.82) is 0 Å². The van der Waals surface area contributed by atoms with Gasteiger partial charge in [-0.3, -0.25) is 4.99 Å². The second-order valence-corrected chi connectivity index (χ2v) is 5.46. The lowest BCUT2D eigenvalue weighted by molar-refractivity contribution is 0.336. The largest absolute Gasteiger partial charge is 0.494 e. The lowest BCUT2D eigenvalue weighted by Gasteiger charge is -2.14. The summed E-state index contributed by atoms with van der Waals surface area (Å²) >= 11 is 0. The fourth-order valence-corrected chi connectivity index (χ4v) is 2.27. The van der Waals surface area contributed by atoms with Gasteiger partial charge in [-0.25, -0.2) is 0 Å². The fourth-order valence-electron chi connectivity index (χ4n) is 2.27. The van der Waals surface area contributed by atoms with Crippen LogP contribution in [-0.4, -0.2) is 24.8 Å². The van der Waals surface area contributed by atoms with Crippen LogP contribution in [-0.2, 0) is 19.5 Å². The van der Waals surface area contributed by atoms with Crippen LogP contribution in [0, 0.1) is 6.92 Å². The zero-order chi connectivity index (χ0) is 17.4. The molecule has 0 atom stereocenters. The molecule has 0 aliphatic heterocycles. The quantitative estimate of drug-likeness (QED) is 0.378. The maximum Gasteiger partial charge on any atom is 0.191 e. The number of aliphatic imine (C=N–C) groups is 1. The van der Waals surface area contributed by atoms with Gasteiger partial charge in [-0.15, -0.1) is 24.0 Å². The van der Waals surface area contributed by atoms with Gasteiger partial charge < -0.3 is 19.9 Å². The molecule has 6 nitrogen and oxygen atoms in total. The van der Waals surface area contributed by atoms with Gasteiger partial charge in [0.05, 0.1) is 18.8 Å². The zero-order valence-electron chi connectivity index (χ0n) is 15.3. The number of guanidine groups is 1. The van der Waals surface area contributed by atoms with Crippen LogP contribution in [0.2, 0.25) is 0 Å². The van der Waals surface area contributed by atoms with Gasteiger partial charge in [-0.1, -0.05) is 24.2 Å². The first-order valence-corrected chi connectivity index (χ1v) is 8.27. The zero-order valence-corrected chi connectivity index (χ0v) is 17.6. The molecule has 0 aliphatic carbocycles. The lowest BCUT2D eigenvalue weighted by atomic mass is 10.1. The molecule has 1 aromatic carbocycles. The van der Waals surface area contributed by atoms with Crippen LogP contribution < -0.4 is 15.4 Å². The molecule has 1 heterocycles. The normalized spacial score (nSPS) is 11.0. The molecule has 0 aliphatic rings. The van der Waals surface area contributed by atoms with Crippen LogP contribution in [0.15, 0.2) is 33.8 Å². The van der Waals surface area contributed by atoms with Crippen molar-refractivity contribution in [2.45, 2.75) is 40.3 Å². The number of aryl methyl sites for hydroxylation is 2. The number of halogens is 1. The summed E-state index contributed by atoms with van der Waals surface area (Å²) in [4.78, 5) is 4.23. The number of aromatic nitrogens is 1. The monoisotopic (exact) mass is 458 g/mol.